The van der Waals surface area contributed by atoms with E-state index in [1.807, 2.05) is 23.8 Å². The Balaban J connectivity index is 2.15. The van der Waals surface area contributed by atoms with Gasteiger partial charge < -0.3 is 15.0 Å². The minimum atomic E-state index is -1.21. The second-order valence-corrected chi connectivity index (χ2v) is 5.73. The van der Waals surface area contributed by atoms with Crippen molar-refractivity contribution in [2.24, 2.45) is 0 Å². The van der Waals surface area contributed by atoms with Crippen molar-refractivity contribution in [3.05, 3.63) is 24.0 Å². The molecule has 0 aliphatic heterocycles. The van der Waals surface area contributed by atoms with Gasteiger partial charge in [-0.1, -0.05) is 13.3 Å². The van der Waals surface area contributed by atoms with Crippen LogP contribution >= 0.6 is 0 Å². The van der Waals surface area contributed by atoms with Crippen LogP contribution in [-0.4, -0.2) is 27.1 Å². The van der Waals surface area contributed by atoms with Crippen LogP contribution in [0, 0.1) is 0 Å². The number of hydrogen-bond acceptors (Lipinski definition) is 2. The van der Waals surface area contributed by atoms with Crippen LogP contribution < -0.4 is 5.32 Å². The van der Waals surface area contributed by atoms with E-state index in [1.165, 1.54) is 6.42 Å². The van der Waals surface area contributed by atoms with Gasteiger partial charge in [0.25, 0.3) is 5.91 Å². The minimum absolute atomic E-state index is 0.305. The van der Waals surface area contributed by atoms with Gasteiger partial charge in [0.1, 0.15) is 11.2 Å². The van der Waals surface area contributed by atoms with Crippen molar-refractivity contribution in [3.63, 3.8) is 0 Å². The van der Waals surface area contributed by atoms with Gasteiger partial charge in [-0.2, -0.15) is 0 Å². The fourth-order valence-electron chi connectivity index (χ4n) is 2.61. The molecule has 2 rings (SSSR count). The van der Waals surface area contributed by atoms with Crippen molar-refractivity contribution in [2.75, 3.05) is 0 Å². The van der Waals surface area contributed by atoms with Crippen LogP contribution in [0.1, 0.15) is 62.5 Å². The monoisotopic (exact) mass is 278 g/mol. The van der Waals surface area contributed by atoms with Gasteiger partial charge in [0, 0.05) is 12.2 Å². The fraction of sp³-hybridized carbons (Fsp3) is 0.600. The van der Waals surface area contributed by atoms with E-state index in [-0.39, 0.29) is 5.91 Å². The molecule has 1 atom stereocenters. The number of hydrogen-bond donors (Lipinski definition) is 2. The van der Waals surface area contributed by atoms with Gasteiger partial charge in [-0.3, -0.25) is 4.79 Å². The number of aromatic nitrogens is 1. The van der Waals surface area contributed by atoms with E-state index in [9.17, 15) is 14.7 Å². The number of aliphatic carboxylic acids is 1. The molecule has 1 aliphatic carbocycles. The zero-order chi connectivity index (χ0) is 14.8. The third kappa shape index (κ3) is 2.71. The van der Waals surface area contributed by atoms with Crippen molar-refractivity contribution in [1.29, 1.82) is 0 Å². The van der Waals surface area contributed by atoms with Gasteiger partial charge in [-0.25, -0.2) is 4.79 Å². The summed E-state index contributed by atoms with van der Waals surface area (Å²) in [6.45, 7) is 3.47. The molecule has 1 aromatic rings. The second-order valence-electron chi connectivity index (χ2n) is 5.73. The Kier molecular flexibility index (Phi) is 4.16. The van der Waals surface area contributed by atoms with Crippen molar-refractivity contribution >= 4 is 11.9 Å². The lowest BCUT2D eigenvalue weighted by Crippen LogP contribution is -2.52. The van der Waals surface area contributed by atoms with Gasteiger partial charge in [0.2, 0.25) is 0 Å². The van der Waals surface area contributed by atoms with Gasteiger partial charge in [-0.15, -0.1) is 0 Å². The molecule has 1 heterocycles. The first kappa shape index (κ1) is 14.6. The van der Waals surface area contributed by atoms with Crippen LogP contribution in [0.2, 0.25) is 0 Å². The molecule has 1 aliphatic rings. The smallest absolute Gasteiger partial charge is 0.329 e. The van der Waals surface area contributed by atoms with Crippen molar-refractivity contribution < 1.29 is 14.7 Å². The second kappa shape index (κ2) is 5.69. The molecule has 20 heavy (non-hydrogen) atoms. The Hall–Kier alpha value is -1.78. The molecule has 5 nitrogen and oxygen atoms in total. The lowest BCUT2D eigenvalue weighted by Gasteiger charge is -2.30. The Morgan fingerprint density at radius 1 is 1.50 bits per heavy atom. The van der Waals surface area contributed by atoms with Crippen LogP contribution in [0.4, 0.5) is 0 Å². The van der Waals surface area contributed by atoms with Crippen LogP contribution in [0.15, 0.2) is 18.3 Å². The number of carboxylic acids is 1. The molecule has 110 valence electrons. The number of amides is 1. The van der Waals surface area contributed by atoms with Crippen molar-refractivity contribution in [3.8, 4) is 0 Å². The van der Waals surface area contributed by atoms with E-state index in [0.717, 1.165) is 12.8 Å². The SMILES string of the molecule is CCCC(C)(NC(=O)c1cccn1C1CCC1)C(=O)O. The first-order chi connectivity index (χ1) is 9.48. The van der Waals surface area contributed by atoms with E-state index in [0.29, 0.717) is 24.6 Å². The summed E-state index contributed by atoms with van der Waals surface area (Å²) in [5.41, 5.74) is -0.654. The molecule has 5 heteroatoms. The van der Waals surface area contributed by atoms with Crippen LogP contribution in [0.3, 0.4) is 0 Å². The molecule has 1 fully saturated rings. The van der Waals surface area contributed by atoms with Crippen LogP contribution in [0.5, 0.6) is 0 Å². The third-order valence-electron chi connectivity index (χ3n) is 4.09. The summed E-state index contributed by atoms with van der Waals surface area (Å²) < 4.78 is 1.97. The predicted molar refractivity (Wildman–Crippen MR) is 75.7 cm³/mol. The normalized spacial score (nSPS) is 18.1. The van der Waals surface area contributed by atoms with E-state index in [2.05, 4.69) is 5.32 Å². The average Bonchev–Trinajstić information content (AvgIpc) is 2.75. The summed E-state index contributed by atoms with van der Waals surface area (Å²) in [4.78, 5) is 23.8. The first-order valence-electron chi connectivity index (χ1n) is 7.20. The number of carbonyl (C=O) groups excluding carboxylic acids is 1. The molecule has 2 N–H and O–H groups in total. The summed E-state index contributed by atoms with van der Waals surface area (Å²) in [6, 6.07) is 3.97. The van der Waals surface area contributed by atoms with E-state index in [4.69, 9.17) is 0 Å². The molecule has 0 spiro atoms. The minimum Gasteiger partial charge on any atom is -0.480 e. The third-order valence-corrected chi connectivity index (χ3v) is 4.09. The maximum atomic E-state index is 12.4. The van der Waals surface area contributed by atoms with E-state index in [1.54, 1.807) is 13.0 Å². The van der Waals surface area contributed by atoms with Gasteiger partial charge in [0.15, 0.2) is 0 Å². The van der Waals surface area contributed by atoms with E-state index < -0.39 is 11.5 Å². The highest BCUT2D eigenvalue weighted by atomic mass is 16.4. The maximum absolute atomic E-state index is 12.4. The Labute approximate surface area is 119 Å². The zero-order valence-electron chi connectivity index (χ0n) is 12.1. The van der Waals surface area contributed by atoms with E-state index >= 15 is 0 Å². The number of carbonyl (C=O) groups is 2. The highest BCUT2D eigenvalue weighted by molar-refractivity contribution is 5.96. The van der Waals surface area contributed by atoms with Gasteiger partial charge in [-0.05, 0) is 44.7 Å². The average molecular weight is 278 g/mol. The zero-order valence-corrected chi connectivity index (χ0v) is 12.1. The quantitative estimate of drug-likeness (QED) is 0.840. The molecule has 0 bridgehead atoms. The van der Waals surface area contributed by atoms with Gasteiger partial charge in [0.05, 0.1) is 0 Å². The molecule has 0 aromatic carbocycles. The molecule has 0 radical (unpaired) electrons. The highest BCUT2D eigenvalue weighted by Crippen LogP contribution is 2.32. The summed E-state index contributed by atoms with van der Waals surface area (Å²) in [7, 11) is 0. The topological polar surface area (TPSA) is 71.3 Å². The summed E-state index contributed by atoms with van der Waals surface area (Å²) in [6.07, 6.45) is 6.37. The largest absolute Gasteiger partial charge is 0.480 e. The number of rotatable bonds is 6. The molecule has 1 unspecified atom stereocenters. The lowest BCUT2D eigenvalue weighted by molar-refractivity contribution is -0.144. The molecule has 0 saturated heterocycles. The fourth-order valence-corrected chi connectivity index (χ4v) is 2.61. The predicted octanol–water partition coefficient (Wildman–Crippen LogP) is 2.59. The first-order valence-corrected chi connectivity index (χ1v) is 7.20. The Morgan fingerprint density at radius 2 is 2.20 bits per heavy atom. The molecule has 1 saturated carbocycles. The molecular formula is C15H22N2O3. The summed E-state index contributed by atoms with van der Waals surface area (Å²) in [5.74, 6) is -1.30. The maximum Gasteiger partial charge on any atom is 0.329 e. The highest BCUT2D eigenvalue weighted by Gasteiger charge is 2.35. The summed E-state index contributed by atoms with van der Waals surface area (Å²) >= 11 is 0. The summed E-state index contributed by atoms with van der Waals surface area (Å²) in [5, 5.41) is 12.0. The molecule has 1 amide bonds. The van der Waals surface area contributed by atoms with Crippen molar-refractivity contribution in [1.82, 2.24) is 9.88 Å². The lowest BCUT2D eigenvalue weighted by atomic mass is 9.92. The van der Waals surface area contributed by atoms with Crippen LogP contribution in [0.25, 0.3) is 0 Å². The number of nitrogens with zero attached hydrogens (tertiary/aromatic N) is 1. The van der Waals surface area contributed by atoms with Gasteiger partial charge >= 0.3 is 5.97 Å². The number of nitrogens with one attached hydrogen (secondary N) is 1. The Morgan fingerprint density at radius 3 is 2.70 bits per heavy atom. The number of carboxylic acid groups (broad SMARTS) is 1. The standard InChI is InChI=1S/C15H22N2O3/c1-3-9-15(2,14(19)20)16-13(18)12-8-5-10-17(12)11-6-4-7-11/h5,8,10-11H,3-4,6-7,9H2,1-2H3,(H,16,18)(H,19,20). The Bertz CT molecular complexity index is 505. The van der Waals surface area contributed by atoms with Crippen LogP contribution in [-0.2, 0) is 4.79 Å². The van der Waals surface area contributed by atoms with Crippen molar-refractivity contribution in [2.45, 2.75) is 57.5 Å². The molecule has 1 aromatic heterocycles. The molecular weight excluding hydrogens is 256 g/mol.